The molecule has 3 aromatic rings. The van der Waals surface area contributed by atoms with Crippen LogP contribution in [0, 0.1) is 5.92 Å². The highest BCUT2D eigenvalue weighted by Crippen LogP contribution is 2.33. The number of amides is 2. The summed E-state index contributed by atoms with van der Waals surface area (Å²) in [5, 5.41) is 8.18. The molecule has 0 bridgehead atoms. The first-order valence-electron chi connectivity index (χ1n) is 11.9. The predicted molar refractivity (Wildman–Crippen MR) is 139 cm³/mol. The first-order valence-corrected chi connectivity index (χ1v) is 12.2. The van der Waals surface area contributed by atoms with Gasteiger partial charge in [-0.1, -0.05) is 58.4 Å². The molecule has 1 N–H and O–H groups in total. The Bertz CT molecular complexity index is 1280. The van der Waals surface area contributed by atoms with Gasteiger partial charge in [-0.05, 0) is 36.2 Å². The Hall–Kier alpha value is -3.52. The van der Waals surface area contributed by atoms with E-state index < -0.39 is 0 Å². The number of nitrogens with one attached hydrogen (secondary N) is 1. The maximum absolute atomic E-state index is 13.4. The quantitative estimate of drug-likeness (QED) is 0.467. The van der Waals surface area contributed by atoms with Gasteiger partial charge in [-0.2, -0.15) is 5.10 Å². The van der Waals surface area contributed by atoms with Crippen molar-refractivity contribution in [2.24, 2.45) is 5.92 Å². The van der Waals surface area contributed by atoms with Crippen molar-refractivity contribution in [1.82, 2.24) is 14.7 Å². The van der Waals surface area contributed by atoms with Crippen molar-refractivity contribution in [3.8, 4) is 17.2 Å². The fraction of sp³-hybridized carbons (Fsp3) is 0.370. The molecule has 190 valence electrons. The highest BCUT2D eigenvalue weighted by atomic mass is 35.5. The summed E-state index contributed by atoms with van der Waals surface area (Å²) in [6, 6.07) is 14.2. The zero-order chi connectivity index (χ0) is 26.0. The molecule has 0 unspecified atom stereocenters. The Balaban J connectivity index is 1.59. The van der Waals surface area contributed by atoms with E-state index in [2.05, 4.69) is 5.32 Å². The van der Waals surface area contributed by atoms with E-state index in [9.17, 15) is 9.59 Å². The zero-order valence-electron chi connectivity index (χ0n) is 21.2. The van der Waals surface area contributed by atoms with Gasteiger partial charge in [0.25, 0.3) is 5.91 Å². The van der Waals surface area contributed by atoms with Gasteiger partial charge in [0, 0.05) is 23.6 Å². The molecule has 2 aromatic carbocycles. The van der Waals surface area contributed by atoms with Crippen LogP contribution in [0.2, 0.25) is 5.02 Å². The highest BCUT2D eigenvalue weighted by molar-refractivity contribution is 6.32. The van der Waals surface area contributed by atoms with Gasteiger partial charge in [0.1, 0.15) is 12.4 Å². The third-order valence-corrected chi connectivity index (χ3v) is 5.97. The molecule has 1 aliphatic heterocycles. The Labute approximate surface area is 216 Å². The van der Waals surface area contributed by atoms with Crippen LogP contribution in [0.15, 0.2) is 48.5 Å². The van der Waals surface area contributed by atoms with Crippen molar-refractivity contribution in [3.05, 3.63) is 64.8 Å². The molecule has 4 rings (SSSR count). The summed E-state index contributed by atoms with van der Waals surface area (Å²) in [6.45, 7) is 10.6. The molecule has 0 spiro atoms. The Morgan fingerprint density at radius 1 is 1.11 bits per heavy atom. The van der Waals surface area contributed by atoms with Gasteiger partial charge in [-0.25, -0.2) is 4.68 Å². The number of aromatic nitrogens is 2. The van der Waals surface area contributed by atoms with Gasteiger partial charge in [0.15, 0.2) is 11.5 Å². The monoisotopic (exact) mass is 510 g/mol. The van der Waals surface area contributed by atoms with Crippen LogP contribution < -0.4 is 14.8 Å². The summed E-state index contributed by atoms with van der Waals surface area (Å²) >= 11 is 6.44. The number of para-hydroxylation sites is 1. The molecule has 2 amide bonds. The van der Waals surface area contributed by atoms with Crippen molar-refractivity contribution < 1.29 is 19.1 Å². The van der Waals surface area contributed by atoms with E-state index >= 15 is 0 Å². The van der Waals surface area contributed by atoms with Crippen LogP contribution in [0.5, 0.6) is 11.5 Å². The summed E-state index contributed by atoms with van der Waals surface area (Å²) in [6.07, 6.45) is 0. The van der Waals surface area contributed by atoms with Crippen molar-refractivity contribution in [2.45, 2.75) is 40.0 Å². The summed E-state index contributed by atoms with van der Waals surface area (Å²) < 4.78 is 12.4. The lowest BCUT2D eigenvalue weighted by Crippen LogP contribution is -2.40. The van der Waals surface area contributed by atoms with Gasteiger partial charge in [0.05, 0.1) is 16.4 Å². The third-order valence-electron chi connectivity index (χ3n) is 5.65. The topological polar surface area (TPSA) is 85.7 Å². The fourth-order valence-corrected chi connectivity index (χ4v) is 4.09. The standard InChI is InChI=1S/C27H31ClN4O4/c1-17(2)14-31(26(34)18-10-11-21-22(12-18)36-16-35-21)15-25(33)29-24-13-23(27(3,4)5)30-32(24)20-9-7-6-8-19(20)28/h6-13,17H,14-16H2,1-5H3,(H,29,33). The van der Waals surface area contributed by atoms with E-state index in [1.165, 1.54) is 0 Å². The van der Waals surface area contributed by atoms with Crippen LogP contribution in [-0.2, 0) is 10.2 Å². The van der Waals surface area contributed by atoms with Gasteiger partial charge in [0.2, 0.25) is 12.7 Å². The number of ether oxygens (including phenoxy) is 2. The van der Waals surface area contributed by atoms with Gasteiger partial charge in [-0.3, -0.25) is 9.59 Å². The lowest BCUT2D eigenvalue weighted by Gasteiger charge is -2.24. The van der Waals surface area contributed by atoms with E-state index in [0.717, 1.165) is 5.69 Å². The largest absolute Gasteiger partial charge is 0.454 e. The molecule has 0 aliphatic carbocycles. The minimum absolute atomic E-state index is 0.121. The molecule has 0 radical (unpaired) electrons. The van der Waals surface area contributed by atoms with Gasteiger partial charge in [-0.15, -0.1) is 0 Å². The van der Waals surface area contributed by atoms with Crippen LogP contribution >= 0.6 is 11.6 Å². The second kappa shape index (κ2) is 10.2. The summed E-state index contributed by atoms with van der Waals surface area (Å²) in [7, 11) is 0. The second-order valence-electron chi connectivity index (χ2n) is 10.2. The number of rotatable bonds is 7. The molecule has 2 heterocycles. The fourth-order valence-electron chi connectivity index (χ4n) is 3.87. The Kier molecular flexibility index (Phi) is 7.26. The molecular formula is C27H31ClN4O4. The van der Waals surface area contributed by atoms with Crippen LogP contribution in [0.4, 0.5) is 5.82 Å². The average molecular weight is 511 g/mol. The molecule has 8 nitrogen and oxygen atoms in total. The SMILES string of the molecule is CC(C)CN(CC(=O)Nc1cc(C(C)(C)C)nn1-c1ccccc1Cl)C(=O)c1ccc2c(c1)OCO2. The molecule has 1 aromatic heterocycles. The van der Waals surface area contributed by atoms with E-state index in [1.54, 1.807) is 33.8 Å². The van der Waals surface area contributed by atoms with Crippen LogP contribution in [-0.4, -0.2) is 46.4 Å². The molecule has 0 fully saturated rings. The molecule has 0 saturated carbocycles. The average Bonchev–Trinajstić information content (AvgIpc) is 3.44. The number of carbonyl (C=O) groups is 2. The third kappa shape index (κ3) is 5.65. The van der Waals surface area contributed by atoms with Crippen molar-refractivity contribution in [2.75, 3.05) is 25.2 Å². The van der Waals surface area contributed by atoms with Crippen molar-refractivity contribution in [1.29, 1.82) is 0 Å². The first kappa shape index (κ1) is 25.6. The highest BCUT2D eigenvalue weighted by Gasteiger charge is 2.25. The van der Waals surface area contributed by atoms with E-state index in [-0.39, 0.29) is 36.5 Å². The first-order chi connectivity index (χ1) is 17.0. The van der Waals surface area contributed by atoms with Crippen molar-refractivity contribution in [3.63, 3.8) is 0 Å². The van der Waals surface area contributed by atoms with E-state index in [1.807, 2.05) is 58.9 Å². The molecule has 0 atom stereocenters. The number of nitrogens with zero attached hydrogens (tertiary/aromatic N) is 3. The number of benzene rings is 2. The number of anilines is 1. The van der Waals surface area contributed by atoms with Crippen LogP contribution in [0.3, 0.4) is 0 Å². The molecular weight excluding hydrogens is 480 g/mol. The maximum Gasteiger partial charge on any atom is 0.254 e. The minimum Gasteiger partial charge on any atom is -0.454 e. The Morgan fingerprint density at radius 3 is 2.53 bits per heavy atom. The Morgan fingerprint density at radius 2 is 1.83 bits per heavy atom. The predicted octanol–water partition coefficient (Wildman–Crippen LogP) is 5.29. The number of carbonyl (C=O) groups excluding carboxylic acids is 2. The van der Waals surface area contributed by atoms with Gasteiger partial charge < -0.3 is 19.7 Å². The zero-order valence-corrected chi connectivity index (χ0v) is 21.9. The summed E-state index contributed by atoms with van der Waals surface area (Å²) in [4.78, 5) is 28.1. The normalized spacial score (nSPS) is 12.6. The smallest absolute Gasteiger partial charge is 0.254 e. The molecule has 1 aliphatic rings. The minimum atomic E-state index is -0.335. The lowest BCUT2D eigenvalue weighted by molar-refractivity contribution is -0.117. The van der Waals surface area contributed by atoms with Crippen molar-refractivity contribution >= 4 is 29.2 Å². The second-order valence-corrected chi connectivity index (χ2v) is 10.6. The van der Waals surface area contributed by atoms with Crippen LogP contribution in [0.1, 0.15) is 50.7 Å². The van der Waals surface area contributed by atoms with Crippen LogP contribution in [0.25, 0.3) is 5.69 Å². The van der Waals surface area contributed by atoms with E-state index in [0.29, 0.717) is 40.1 Å². The lowest BCUT2D eigenvalue weighted by atomic mass is 9.92. The maximum atomic E-state index is 13.4. The number of fused-ring (bicyclic) bond motifs is 1. The summed E-state index contributed by atoms with van der Waals surface area (Å²) in [5.41, 5.74) is 1.64. The number of hydrogen-bond acceptors (Lipinski definition) is 5. The summed E-state index contributed by atoms with van der Waals surface area (Å²) in [5.74, 6) is 1.18. The number of halogens is 1. The molecule has 36 heavy (non-hydrogen) atoms. The molecule has 0 saturated heterocycles. The number of hydrogen-bond donors (Lipinski definition) is 1. The van der Waals surface area contributed by atoms with E-state index in [4.69, 9.17) is 26.2 Å². The molecule has 9 heteroatoms. The van der Waals surface area contributed by atoms with Gasteiger partial charge >= 0.3 is 0 Å².